The second-order valence-electron chi connectivity index (χ2n) is 2.35. The zero-order valence-electron chi connectivity index (χ0n) is 7.82. The maximum Gasteiger partial charge on any atom is 0.318 e. The van der Waals surface area contributed by atoms with Crippen LogP contribution in [-0.2, 0) is 4.79 Å². The molecule has 9 heteroatoms. The number of imide groups is 1. The van der Waals surface area contributed by atoms with Gasteiger partial charge < -0.3 is 17.2 Å². The van der Waals surface area contributed by atoms with Crippen LogP contribution in [0.2, 0.25) is 0 Å². The quantitative estimate of drug-likeness (QED) is 0.295. The largest absolute Gasteiger partial charge is 0.370 e. The molecule has 0 spiro atoms. The SMILES string of the molecule is N=C(N=C(N)N)SCCC(=O)NC(N)=O. The van der Waals surface area contributed by atoms with Crippen molar-refractivity contribution in [1.82, 2.24) is 5.32 Å². The molecular weight excluding hydrogens is 220 g/mol. The molecule has 0 unspecified atom stereocenters. The first kappa shape index (κ1) is 13.2. The number of nitrogens with zero attached hydrogens (tertiary/aromatic N) is 1. The average Bonchev–Trinajstić information content (AvgIpc) is 2.00. The zero-order valence-corrected chi connectivity index (χ0v) is 8.63. The van der Waals surface area contributed by atoms with Crippen molar-refractivity contribution in [2.45, 2.75) is 6.42 Å². The Balaban J connectivity index is 3.71. The second kappa shape index (κ2) is 6.65. The molecule has 0 aromatic carbocycles. The number of aliphatic imine (C=N–C) groups is 1. The van der Waals surface area contributed by atoms with E-state index in [1.54, 1.807) is 0 Å². The Morgan fingerprint density at radius 3 is 2.40 bits per heavy atom. The summed E-state index contributed by atoms with van der Waals surface area (Å²) in [7, 11) is 0. The van der Waals surface area contributed by atoms with E-state index < -0.39 is 11.9 Å². The molecule has 8 N–H and O–H groups in total. The summed E-state index contributed by atoms with van der Waals surface area (Å²) in [5, 5.41) is 8.99. The molecular formula is C6H12N6O2S. The van der Waals surface area contributed by atoms with Gasteiger partial charge in [-0.25, -0.2) is 4.79 Å². The third kappa shape index (κ3) is 8.56. The minimum Gasteiger partial charge on any atom is -0.370 e. The van der Waals surface area contributed by atoms with E-state index >= 15 is 0 Å². The predicted molar refractivity (Wildman–Crippen MR) is 58.3 cm³/mol. The van der Waals surface area contributed by atoms with Crippen LogP contribution in [0.3, 0.4) is 0 Å². The summed E-state index contributed by atoms with van der Waals surface area (Å²) in [6.45, 7) is 0. The first-order valence-electron chi connectivity index (χ1n) is 3.82. The van der Waals surface area contributed by atoms with Gasteiger partial charge in [-0.2, -0.15) is 4.99 Å². The molecule has 0 heterocycles. The highest BCUT2D eigenvalue weighted by molar-refractivity contribution is 8.13. The number of carbonyl (C=O) groups excluding carboxylic acids is 2. The molecule has 0 saturated carbocycles. The fourth-order valence-electron chi connectivity index (χ4n) is 0.590. The minimum atomic E-state index is -0.899. The Bertz CT molecular complexity index is 298. The number of thioether (sulfide) groups is 1. The molecule has 0 aromatic rings. The summed E-state index contributed by atoms with van der Waals surface area (Å²) in [6, 6.07) is -0.899. The monoisotopic (exact) mass is 232 g/mol. The van der Waals surface area contributed by atoms with Crippen LogP contribution in [0.1, 0.15) is 6.42 Å². The fourth-order valence-corrected chi connectivity index (χ4v) is 1.24. The highest BCUT2D eigenvalue weighted by Gasteiger charge is 2.04. The van der Waals surface area contributed by atoms with Gasteiger partial charge in [0.15, 0.2) is 11.1 Å². The number of primary amides is 1. The van der Waals surface area contributed by atoms with Crippen LogP contribution in [0.25, 0.3) is 0 Å². The van der Waals surface area contributed by atoms with Crippen LogP contribution >= 0.6 is 11.8 Å². The molecule has 84 valence electrons. The van der Waals surface area contributed by atoms with E-state index in [9.17, 15) is 9.59 Å². The zero-order chi connectivity index (χ0) is 11.8. The normalized spacial score (nSPS) is 9.07. The molecule has 0 fully saturated rings. The van der Waals surface area contributed by atoms with Crippen molar-refractivity contribution in [3.8, 4) is 0 Å². The van der Waals surface area contributed by atoms with Crippen molar-refractivity contribution in [2.24, 2.45) is 22.2 Å². The third-order valence-electron chi connectivity index (χ3n) is 1.06. The van der Waals surface area contributed by atoms with Gasteiger partial charge >= 0.3 is 6.03 Å². The number of nitrogens with one attached hydrogen (secondary N) is 2. The van der Waals surface area contributed by atoms with Gasteiger partial charge in [0.2, 0.25) is 5.91 Å². The molecule has 8 nitrogen and oxygen atoms in total. The molecule has 0 aliphatic rings. The van der Waals surface area contributed by atoms with Gasteiger partial charge in [0.25, 0.3) is 0 Å². The first-order valence-corrected chi connectivity index (χ1v) is 4.80. The number of nitrogens with two attached hydrogens (primary N) is 3. The Morgan fingerprint density at radius 1 is 1.33 bits per heavy atom. The molecule has 0 saturated heterocycles. The number of carbonyl (C=O) groups is 2. The van der Waals surface area contributed by atoms with Gasteiger partial charge in [-0.3, -0.25) is 15.5 Å². The van der Waals surface area contributed by atoms with Crippen LogP contribution in [0.4, 0.5) is 4.79 Å². The summed E-state index contributed by atoms with van der Waals surface area (Å²) in [5.74, 6) is -0.434. The summed E-state index contributed by atoms with van der Waals surface area (Å²) in [6.07, 6.45) is 0.0516. The van der Waals surface area contributed by atoms with Gasteiger partial charge in [0.05, 0.1) is 0 Å². The van der Waals surface area contributed by atoms with E-state index in [2.05, 4.69) is 4.99 Å². The molecule has 0 aromatic heterocycles. The highest BCUT2D eigenvalue weighted by atomic mass is 32.2. The Morgan fingerprint density at radius 2 is 1.93 bits per heavy atom. The second-order valence-corrected chi connectivity index (χ2v) is 3.44. The van der Waals surface area contributed by atoms with E-state index in [1.165, 1.54) is 0 Å². The van der Waals surface area contributed by atoms with Crippen LogP contribution in [0, 0.1) is 5.41 Å². The van der Waals surface area contributed by atoms with Crippen molar-refractivity contribution >= 4 is 34.8 Å². The van der Waals surface area contributed by atoms with E-state index in [4.69, 9.17) is 22.6 Å². The van der Waals surface area contributed by atoms with Crippen molar-refractivity contribution in [2.75, 3.05) is 5.75 Å². The van der Waals surface area contributed by atoms with Crippen LogP contribution in [0.5, 0.6) is 0 Å². The molecule has 15 heavy (non-hydrogen) atoms. The number of urea groups is 1. The number of amidine groups is 1. The Labute approximate surface area is 90.2 Å². The van der Waals surface area contributed by atoms with E-state index in [-0.39, 0.29) is 23.3 Å². The average molecular weight is 232 g/mol. The molecule has 0 aliphatic carbocycles. The molecule has 0 aliphatic heterocycles. The number of hydrogen-bond acceptors (Lipinski definition) is 4. The van der Waals surface area contributed by atoms with Crippen molar-refractivity contribution < 1.29 is 9.59 Å². The minimum absolute atomic E-state index is 0.0516. The van der Waals surface area contributed by atoms with Gasteiger partial charge in [-0.15, -0.1) is 0 Å². The van der Waals surface area contributed by atoms with Gasteiger partial charge in [-0.1, -0.05) is 11.8 Å². The molecule has 3 amide bonds. The highest BCUT2D eigenvalue weighted by Crippen LogP contribution is 2.04. The van der Waals surface area contributed by atoms with Crippen LogP contribution in [0.15, 0.2) is 4.99 Å². The van der Waals surface area contributed by atoms with Gasteiger partial charge in [0, 0.05) is 12.2 Å². The number of rotatable bonds is 3. The molecule has 0 radical (unpaired) electrons. The third-order valence-corrected chi connectivity index (χ3v) is 1.83. The maximum absolute atomic E-state index is 10.9. The lowest BCUT2D eigenvalue weighted by Crippen LogP contribution is -2.35. The lowest BCUT2D eigenvalue weighted by molar-refractivity contribution is -0.119. The lowest BCUT2D eigenvalue weighted by Gasteiger charge is -2.00. The van der Waals surface area contributed by atoms with E-state index in [0.717, 1.165) is 11.8 Å². The molecule has 0 atom stereocenters. The predicted octanol–water partition coefficient (Wildman–Crippen LogP) is -1.49. The summed E-state index contributed by atoms with van der Waals surface area (Å²) in [4.78, 5) is 24.5. The summed E-state index contributed by atoms with van der Waals surface area (Å²) >= 11 is 0.983. The lowest BCUT2D eigenvalue weighted by atomic mass is 10.4. The smallest absolute Gasteiger partial charge is 0.318 e. The molecule has 0 bridgehead atoms. The number of hydrogen-bond donors (Lipinski definition) is 5. The first-order chi connectivity index (χ1) is 6.91. The van der Waals surface area contributed by atoms with Crippen LogP contribution < -0.4 is 22.5 Å². The van der Waals surface area contributed by atoms with Crippen LogP contribution in [-0.4, -0.2) is 28.8 Å². The fraction of sp³-hybridized carbons (Fsp3) is 0.333. The van der Waals surface area contributed by atoms with Crippen molar-refractivity contribution in [3.05, 3.63) is 0 Å². The Kier molecular flexibility index (Phi) is 5.86. The molecule has 0 rings (SSSR count). The van der Waals surface area contributed by atoms with E-state index in [1.807, 2.05) is 5.32 Å². The van der Waals surface area contributed by atoms with Crippen molar-refractivity contribution in [1.29, 1.82) is 5.41 Å². The summed E-state index contributed by atoms with van der Waals surface area (Å²) in [5.41, 5.74) is 14.8. The summed E-state index contributed by atoms with van der Waals surface area (Å²) < 4.78 is 0. The van der Waals surface area contributed by atoms with Gasteiger partial charge in [-0.05, 0) is 0 Å². The van der Waals surface area contributed by atoms with Crippen molar-refractivity contribution in [3.63, 3.8) is 0 Å². The number of guanidine groups is 1. The number of amides is 3. The topological polar surface area (TPSA) is 160 Å². The maximum atomic E-state index is 10.9. The Hall–Kier alpha value is -1.77. The standard InChI is InChI=1S/C6H12N6O2S/c7-4(8)12-6(10)15-2-1-3(13)11-5(9)14/h1-2H2,(H5,7,8,10,12)(H3,9,11,13,14). The van der Waals surface area contributed by atoms with Gasteiger partial charge in [0.1, 0.15) is 0 Å². The van der Waals surface area contributed by atoms with E-state index in [0.29, 0.717) is 0 Å².